The van der Waals surface area contributed by atoms with Crippen molar-refractivity contribution in [2.75, 3.05) is 13.1 Å². The molecule has 0 aromatic rings. The predicted octanol–water partition coefficient (Wildman–Crippen LogP) is 1.88. The number of hydrogen-bond acceptors (Lipinski definition) is 3. The van der Waals surface area contributed by atoms with E-state index in [1.54, 1.807) is 0 Å². The number of piperidine rings is 1. The minimum Gasteiger partial charge on any atom is -0.392 e. The van der Waals surface area contributed by atoms with Gasteiger partial charge in [-0.15, -0.1) is 0 Å². The second-order valence-electron chi connectivity index (χ2n) is 6.60. The summed E-state index contributed by atoms with van der Waals surface area (Å²) in [5, 5.41) is 10.6. The van der Waals surface area contributed by atoms with Gasteiger partial charge in [-0.1, -0.05) is 19.1 Å². The molecule has 0 radical (unpaired) electrons. The molecule has 2 aliphatic heterocycles. The van der Waals surface area contributed by atoms with Crippen molar-refractivity contribution < 1.29 is 9.90 Å². The zero-order valence-corrected chi connectivity index (χ0v) is 11.4. The molecule has 2 bridgehead atoms. The third kappa shape index (κ3) is 1.29. The molecular formula is C16H21NO2. The molecule has 0 unspecified atom stereocenters. The van der Waals surface area contributed by atoms with Gasteiger partial charge in [0.2, 0.25) is 0 Å². The number of Topliss-reactive ketones (excluding diaryl/α,β-unsaturated/α-hetero) is 1. The SMILES string of the molecule is C[C@H]1C=C2N3CCC=C4C(=O)C[C@H]([C@@H]1O)[C@@]42CCC3. The molecule has 4 aliphatic rings. The van der Waals surface area contributed by atoms with E-state index in [9.17, 15) is 9.90 Å². The van der Waals surface area contributed by atoms with E-state index in [-0.39, 0.29) is 29.1 Å². The molecule has 1 saturated carbocycles. The Balaban J connectivity index is 1.97. The maximum absolute atomic E-state index is 12.4. The van der Waals surface area contributed by atoms with E-state index in [4.69, 9.17) is 0 Å². The smallest absolute Gasteiger partial charge is 0.159 e. The minimum absolute atomic E-state index is 0.113. The van der Waals surface area contributed by atoms with E-state index < -0.39 is 0 Å². The summed E-state index contributed by atoms with van der Waals surface area (Å²) in [4.78, 5) is 14.9. The molecule has 1 spiro atoms. The van der Waals surface area contributed by atoms with Crippen molar-refractivity contribution in [1.82, 2.24) is 4.90 Å². The number of allylic oxidation sites excluding steroid dienone is 1. The standard InChI is InChI=1S/C16H21NO2/c1-10-8-14-16-5-3-7-17(14)6-2-4-11(16)13(18)9-12(16)15(10)19/h4,8,10,12,15,19H,2-3,5-7,9H2,1H3/t10-,12+,15+,16+/m0/s1. The zero-order chi connectivity index (χ0) is 13.2. The van der Waals surface area contributed by atoms with Crippen LogP contribution in [0.4, 0.5) is 0 Å². The van der Waals surface area contributed by atoms with Crippen molar-refractivity contribution in [3.63, 3.8) is 0 Å². The van der Waals surface area contributed by atoms with Crippen LogP contribution in [0.1, 0.15) is 32.6 Å². The summed E-state index contributed by atoms with van der Waals surface area (Å²) in [7, 11) is 0. The number of aliphatic hydroxyl groups excluding tert-OH is 1. The highest BCUT2D eigenvalue weighted by molar-refractivity contribution is 6.00. The number of ketones is 1. The predicted molar refractivity (Wildman–Crippen MR) is 72.3 cm³/mol. The summed E-state index contributed by atoms with van der Waals surface area (Å²) in [6.07, 6.45) is 7.75. The van der Waals surface area contributed by atoms with Crippen LogP contribution in [-0.4, -0.2) is 35.0 Å². The molecule has 1 N–H and O–H groups in total. The number of hydrogen-bond donors (Lipinski definition) is 1. The van der Waals surface area contributed by atoms with Crippen LogP contribution in [0, 0.1) is 17.3 Å². The van der Waals surface area contributed by atoms with Crippen LogP contribution in [0.5, 0.6) is 0 Å². The first-order valence-corrected chi connectivity index (χ1v) is 7.54. The van der Waals surface area contributed by atoms with Crippen molar-refractivity contribution in [3.8, 4) is 0 Å². The third-order valence-electron chi connectivity index (χ3n) is 5.74. The molecule has 0 aromatic heterocycles. The van der Waals surface area contributed by atoms with E-state index in [0.717, 1.165) is 37.9 Å². The van der Waals surface area contributed by atoms with E-state index in [0.29, 0.717) is 6.42 Å². The van der Waals surface area contributed by atoms with Crippen LogP contribution in [0.15, 0.2) is 23.4 Å². The Bertz CT molecular complexity index is 507. The molecule has 3 nitrogen and oxygen atoms in total. The molecule has 4 atom stereocenters. The van der Waals surface area contributed by atoms with Gasteiger partial charge < -0.3 is 10.0 Å². The summed E-state index contributed by atoms with van der Waals surface area (Å²) in [5.74, 6) is 0.564. The van der Waals surface area contributed by atoms with Crippen molar-refractivity contribution in [1.29, 1.82) is 0 Å². The first-order chi connectivity index (χ1) is 9.14. The topological polar surface area (TPSA) is 40.5 Å². The molecule has 0 aromatic carbocycles. The van der Waals surface area contributed by atoms with Gasteiger partial charge in [0.1, 0.15) is 0 Å². The molecule has 2 aliphatic carbocycles. The quantitative estimate of drug-likeness (QED) is 0.722. The Morgan fingerprint density at radius 1 is 1.42 bits per heavy atom. The summed E-state index contributed by atoms with van der Waals surface area (Å²) in [5.41, 5.74) is 2.24. The zero-order valence-electron chi connectivity index (χ0n) is 11.4. The van der Waals surface area contributed by atoms with Crippen molar-refractivity contribution in [2.24, 2.45) is 17.3 Å². The normalized spacial score (nSPS) is 44.4. The van der Waals surface area contributed by atoms with Gasteiger partial charge >= 0.3 is 0 Å². The lowest BCUT2D eigenvalue weighted by molar-refractivity contribution is -0.115. The molecule has 1 saturated heterocycles. The maximum Gasteiger partial charge on any atom is 0.159 e. The third-order valence-corrected chi connectivity index (χ3v) is 5.74. The van der Waals surface area contributed by atoms with Crippen molar-refractivity contribution >= 4 is 5.78 Å². The van der Waals surface area contributed by atoms with E-state index in [1.165, 1.54) is 5.70 Å². The van der Waals surface area contributed by atoms with Crippen molar-refractivity contribution in [2.45, 2.75) is 38.7 Å². The van der Waals surface area contributed by atoms with Crippen molar-refractivity contribution in [3.05, 3.63) is 23.4 Å². The highest BCUT2D eigenvalue weighted by Crippen LogP contribution is 2.61. The van der Waals surface area contributed by atoms with Gasteiger partial charge in [-0.3, -0.25) is 4.79 Å². The van der Waals surface area contributed by atoms with E-state index in [1.807, 2.05) is 0 Å². The number of rotatable bonds is 0. The van der Waals surface area contributed by atoms with Gasteiger partial charge in [-0.25, -0.2) is 0 Å². The van der Waals surface area contributed by atoms with Gasteiger partial charge in [-0.05, 0) is 19.3 Å². The Morgan fingerprint density at radius 2 is 2.26 bits per heavy atom. The monoisotopic (exact) mass is 259 g/mol. The second-order valence-corrected chi connectivity index (χ2v) is 6.60. The van der Waals surface area contributed by atoms with Crippen LogP contribution in [0.2, 0.25) is 0 Å². The number of nitrogens with zero attached hydrogens (tertiary/aromatic N) is 1. The van der Waals surface area contributed by atoms with Gasteiger partial charge in [-0.2, -0.15) is 0 Å². The Kier molecular flexibility index (Phi) is 2.29. The first-order valence-electron chi connectivity index (χ1n) is 7.54. The second kappa shape index (κ2) is 3.72. The van der Waals surface area contributed by atoms with Gasteiger partial charge in [0.05, 0.1) is 6.10 Å². The summed E-state index contributed by atoms with van der Waals surface area (Å²) < 4.78 is 0. The average Bonchev–Trinajstić information content (AvgIpc) is 2.62. The van der Waals surface area contributed by atoms with E-state index >= 15 is 0 Å². The summed E-state index contributed by atoms with van der Waals surface area (Å²) >= 11 is 0. The largest absolute Gasteiger partial charge is 0.392 e. The fourth-order valence-corrected chi connectivity index (χ4v) is 4.93. The first kappa shape index (κ1) is 11.7. The molecule has 4 rings (SSSR count). The van der Waals surface area contributed by atoms with Crippen LogP contribution in [0.25, 0.3) is 0 Å². The van der Waals surface area contributed by atoms with Crippen LogP contribution in [0.3, 0.4) is 0 Å². The number of aliphatic hydroxyl groups is 1. The molecule has 2 fully saturated rings. The Labute approximate surface area is 114 Å². The van der Waals surface area contributed by atoms with Crippen LogP contribution < -0.4 is 0 Å². The van der Waals surface area contributed by atoms with Gasteiger partial charge in [0.15, 0.2) is 5.78 Å². The van der Waals surface area contributed by atoms with Gasteiger partial charge in [0, 0.05) is 48.0 Å². The molecule has 2 heterocycles. The molecular weight excluding hydrogens is 238 g/mol. The Hall–Kier alpha value is -1.09. The molecule has 3 heteroatoms. The molecule has 19 heavy (non-hydrogen) atoms. The summed E-state index contributed by atoms with van der Waals surface area (Å²) in [6.45, 7) is 4.22. The number of carbonyl (C=O) groups is 1. The highest BCUT2D eigenvalue weighted by Gasteiger charge is 2.60. The lowest BCUT2D eigenvalue weighted by atomic mass is 9.60. The Morgan fingerprint density at radius 3 is 3.11 bits per heavy atom. The fraction of sp³-hybridized carbons (Fsp3) is 0.688. The van der Waals surface area contributed by atoms with E-state index in [2.05, 4.69) is 24.0 Å². The molecule has 102 valence electrons. The van der Waals surface area contributed by atoms with Gasteiger partial charge in [0.25, 0.3) is 0 Å². The number of carbonyl (C=O) groups excluding carboxylic acids is 1. The fourth-order valence-electron chi connectivity index (χ4n) is 4.93. The highest BCUT2D eigenvalue weighted by atomic mass is 16.3. The summed E-state index contributed by atoms with van der Waals surface area (Å²) in [6, 6.07) is 0. The average molecular weight is 259 g/mol. The van der Waals surface area contributed by atoms with Crippen LogP contribution in [-0.2, 0) is 4.79 Å². The minimum atomic E-state index is -0.364. The molecule has 0 amide bonds. The maximum atomic E-state index is 12.4. The lowest BCUT2D eigenvalue weighted by Crippen LogP contribution is -2.50. The van der Waals surface area contributed by atoms with Crippen LogP contribution >= 0.6 is 0 Å². The lowest BCUT2D eigenvalue weighted by Gasteiger charge is -2.51.